The fraction of sp³-hybridized carbons (Fsp3) is 0.394. The summed E-state index contributed by atoms with van der Waals surface area (Å²) in [5.74, 6) is 0.313. The Bertz CT molecular complexity index is 1230. The summed E-state index contributed by atoms with van der Waals surface area (Å²) in [6.07, 6.45) is 2.64. The molecule has 1 atom stereocenters. The van der Waals surface area contributed by atoms with Gasteiger partial charge < -0.3 is 19.8 Å². The molecule has 39 heavy (non-hydrogen) atoms. The number of carbonyl (C=O) groups excluding carboxylic acids is 2. The largest absolute Gasteiger partial charge is 0.508 e. The molecule has 0 fully saturated rings. The van der Waals surface area contributed by atoms with Crippen LogP contribution in [0.4, 0.5) is 5.69 Å². The molecule has 0 radical (unpaired) electrons. The lowest BCUT2D eigenvalue weighted by Crippen LogP contribution is -2.42. The molecule has 0 aliphatic carbocycles. The van der Waals surface area contributed by atoms with Crippen molar-refractivity contribution in [3.8, 4) is 17.2 Å². The first-order valence-electron chi connectivity index (χ1n) is 13.8. The van der Waals surface area contributed by atoms with Gasteiger partial charge in [0.1, 0.15) is 17.2 Å². The average molecular weight is 536 g/mol. The van der Waals surface area contributed by atoms with E-state index in [2.05, 4.69) is 32.0 Å². The zero-order chi connectivity index (χ0) is 29.7. The molecule has 0 spiro atoms. The van der Waals surface area contributed by atoms with Crippen molar-refractivity contribution in [3.05, 3.63) is 82.4 Å². The molecule has 0 bridgehead atoms. The van der Waals surface area contributed by atoms with Crippen molar-refractivity contribution in [1.29, 1.82) is 0 Å². The Kier molecular flexibility index (Phi) is 13.8. The van der Waals surface area contributed by atoms with Gasteiger partial charge >= 0.3 is 0 Å². The molecular weight excluding hydrogens is 490 g/mol. The van der Waals surface area contributed by atoms with E-state index in [0.717, 1.165) is 42.3 Å². The lowest BCUT2D eigenvalue weighted by atomic mass is 9.93. The Morgan fingerprint density at radius 2 is 1.64 bits per heavy atom. The maximum atomic E-state index is 12.9. The second-order valence-corrected chi connectivity index (χ2v) is 8.82. The minimum Gasteiger partial charge on any atom is -0.508 e. The molecule has 1 amide bonds. The molecule has 4 rings (SSSR count). The number of rotatable bonds is 4. The van der Waals surface area contributed by atoms with Crippen molar-refractivity contribution in [1.82, 2.24) is 0 Å². The number of phenolic OH excluding ortho intramolecular Hbond substituents is 2. The zero-order valence-electron chi connectivity index (χ0n) is 25.0. The summed E-state index contributed by atoms with van der Waals surface area (Å²) in [6, 6.07) is 15.6. The van der Waals surface area contributed by atoms with Crippen LogP contribution in [0.3, 0.4) is 0 Å². The Morgan fingerprint density at radius 1 is 0.974 bits per heavy atom. The average Bonchev–Trinajstić information content (AvgIpc) is 2.95. The maximum Gasteiger partial charge on any atom is 0.262 e. The number of benzene rings is 3. The number of fused-ring (bicyclic) bond motifs is 1. The first-order valence-corrected chi connectivity index (χ1v) is 13.8. The van der Waals surface area contributed by atoms with Crippen LogP contribution in [0.2, 0.25) is 0 Å². The number of carbonyl (C=O) groups is 2. The molecule has 0 saturated heterocycles. The van der Waals surface area contributed by atoms with Crippen LogP contribution < -0.4 is 9.64 Å². The van der Waals surface area contributed by atoms with Gasteiger partial charge in [0.25, 0.3) is 5.91 Å². The van der Waals surface area contributed by atoms with Gasteiger partial charge in [0.05, 0.1) is 12.7 Å². The van der Waals surface area contributed by atoms with Crippen LogP contribution in [0.5, 0.6) is 17.2 Å². The number of amides is 1. The van der Waals surface area contributed by atoms with E-state index < -0.39 is 0 Å². The minimum absolute atomic E-state index is 0.00882. The van der Waals surface area contributed by atoms with Crippen LogP contribution in [-0.2, 0) is 12.8 Å². The molecule has 2 N–H and O–H groups in total. The van der Waals surface area contributed by atoms with Crippen LogP contribution in [-0.4, -0.2) is 35.1 Å². The van der Waals surface area contributed by atoms with Crippen LogP contribution in [0.1, 0.15) is 92.3 Å². The number of phenols is 2. The van der Waals surface area contributed by atoms with Crippen LogP contribution in [0, 0.1) is 6.92 Å². The molecule has 6 nitrogen and oxygen atoms in total. The van der Waals surface area contributed by atoms with E-state index in [9.17, 15) is 19.8 Å². The van der Waals surface area contributed by atoms with Gasteiger partial charge in [-0.1, -0.05) is 46.8 Å². The van der Waals surface area contributed by atoms with E-state index in [1.54, 1.807) is 24.1 Å². The second kappa shape index (κ2) is 16.2. The van der Waals surface area contributed by atoms with Crippen molar-refractivity contribution in [2.45, 2.75) is 80.7 Å². The number of Topliss-reactive ketones (excluding diaryl/α,β-unsaturated/α-hetero) is 1. The molecule has 1 heterocycles. The Morgan fingerprint density at radius 3 is 2.21 bits per heavy atom. The van der Waals surface area contributed by atoms with E-state index in [0.29, 0.717) is 5.56 Å². The highest BCUT2D eigenvalue weighted by Crippen LogP contribution is 2.34. The van der Waals surface area contributed by atoms with E-state index in [4.69, 9.17) is 4.74 Å². The third-order valence-electron chi connectivity index (χ3n) is 6.33. The monoisotopic (exact) mass is 535 g/mol. The van der Waals surface area contributed by atoms with Gasteiger partial charge in [0, 0.05) is 23.4 Å². The zero-order valence-corrected chi connectivity index (χ0v) is 25.0. The maximum absolute atomic E-state index is 12.9. The fourth-order valence-corrected chi connectivity index (χ4v) is 4.20. The summed E-state index contributed by atoms with van der Waals surface area (Å²) >= 11 is 0. The highest BCUT2D eigenvalue weighted by Gasteiger charge is 2.30. The topological polar surface area (TPSA) is 87.1 Å². The number of nitrogens with zero attached hydrogens (tertiary/aromatic N) is 1. The summed E-state index contributed by atoms with van der Waals surface area (Å²) in [5.41, 5.74) is 5.01. The van der Waals surface area contributed by atoms with E-state index in [1.807, 2.05) is 40.7 Å². The number of hydrogen-bond acceptors (Lipinski definition) is 5. The predicted octanol–water partition coefficient (Wildman–Crippen LogP) is 7.90. The molecule has 0 aromatic heterocycles. The quantitative estimate of drug-likeness (QED) is 0.332. The Labute approximate surface area is 234 Å². The molecule has 3 aromatic carbocycles. The number of ether oxygens (including phenoxy) is 1. The standard InChI is InChI=1S/C19H19NO4.C10H14O.2C2H6/c1-11-3-4-14-9-13(12(2)21)5-8-17(14)20(11)19(24)16-7-6-15(22)10-18(16)23;1-4-9-6-5-8(2)10(7-9)11-3;2*1-2/h5-11,22-23H,3-4H2,1-2H3;5-7H,4H2,1-3H3;2*1-2H3. The second-order valence-electron chi connectivity index (χ2n) is 8.82. The first kappa shape index (κ1) is 33.2. The van der Waals surface area contributed by atoms with Crippen LogP contribution >= 0.6 is 0 Å². The summed E-state index contributed by atoms with van der Waals surface area (Å²) in [5, 5.41) is 19.4. The van der Waals surface area contributed by atoms with E-state index >= 15 is 0 Å². The number of anilines is 1. The van der Waals surface area contributed by atoms with Gasteiger partial charge in [-0.25, -0.2) is 0 Å². The number of ketones is 1. The van der Waals surface area contributed by atoms with Crippen molar-refractivity contribution in [2.75, 3.05) is 12.0 Å². The van der Waals surface area contributed by atoms with E-state index in [-0.39, 0.29) is 34.8 Å². The third kappa shape index (κ3) is 8.60. The molecular formula is C33H45NO5. The first-order chi connectivity index (χ1) is 18.7. The van der Waals surface area contributed by atoms with Crippen LogP contribution in [0.15, 0.2) is 54.6 Å². The smallest absolute Gasteiger partial charge is 0.262 e. The normalized spacial score (nSPS) is 13.3. The number of methoxy groups -OCH3 is 1. The molecule has 3 aromatic rings. The van der Waals surface area contributed by atoms with Gasteiger partial charge in [0.15, 0.2) is 5.78 Å². The predicted molar refractivity (Wildman–Crippen MR) is 161 cm³/mol. The van der Waals surface area contributed by atoms with Crippen molar-refractivity contribution in [2.24, 2.45) is 0 Å². The minimum atomic E-state index is -0.323. The Hall–Kier alpha value is -3.80. The lowest BCUT2D eigenvalue weighted by Gasteiger charge is -2.35. The number of hydrogen-bond donors (Lipinski definition) is 2. The molecule has 0 saturated carbocycles. The van der Waals surface area contributed by atoms with Crippen LogP contribution in [0.25, 0.3) is 0 Å². The lowest BCUT2D eigenvalue weighted by molar-refractivity contribution is 0.0971. The highest BCUT2D eigenvalue weighted by molar-refractivity contribution is 6.09. The Balaban J connectivity index is 0.000000425. The van der Waals surface area contributed by atoms with Crippen molar-refractivity contribution < 1.29 is 24.5 Å². The number of aryl methyl sites for hydroxylation is 3. The van der Waals surface area contributed by atoms with Gasteiger partial charge in [-0.3, -0.25) is 9.59 Å². The SMILES string of the molecule is CC.CC.CC(=O)c1ccc2c(c1)CCC(C)N2C(=O)c1ccc(O)cc1O.CCc1ccc(C)c(OC)c1. The fourth-order valence-electron chi connectivity index (χ4n) is 4.20. The molecule has 6 heteroatoms. The molecule has 1 aliphatic rings. The van der Waals surface area contributed by atoms with Gasteiger partial charge in [0.2, 0.25) is 0 Å². The van der Waals surface area contributed by atoms with E-state index in [1.165, 1.54) is 30.2 Å². The third-order valence-corrected chi connectivity index (χ3v) is 6.33. The molecule has 1 unspecified atom stereocenters. The van der Waals surface area contributed by atoms with Gasteiger partial charge in [-0.05, 0) is 93.1 Å². The highest BCUT2D eigenvalue weighted by atomic mass is 16.5. The number of aromatic hydroxyl groups is 2. The summed E-state index contributed by atoms with van der Waals surface area (Å²) < 4.78 is 5.19. The van der Waals surface area contributed by atoms with Gasteiger partial charge in [-0.2, -0.15) is 0 Å². The van der Waals surface area contributed by atoms with Crippen molar-refractivity contribution in [3.63, 3.8) is 0 Å². The molecule has 212 valence electrons. The summed E-state index contributed by atoms with van der Waals surface area (Å²) in [6.45, 7) is 15.7. The molecule has 1 aliphatic heterocycles. The summed E-state index contributed by atoms with van der Waals surface area (Å²) in [7, 11) is 1.71. The summed E-state index contributed by atoms with van der Waals surface area (Å²) in [4.78, 5) is 26.2. The van der Waals surface area contributed by atoms with Crippen molar-refractivity contribution >= 4 is 17.4 Å². The van der Waals surface area contributed by atoms with Gasteiger partial charge in [-0.15, -0.1) is 0 Å².